The molecule has 1 aromatic heterocycles. The molecule has 4 heteroatoms. The fourth-order valence-electron chi connectivity index (χ4n) is 1.30. The van der Waals surface area contributed by atoms with Crippen LogP contribution in [-0.2, 0) is 0 Å². The van der Waals surface area contributed by atoms with Crippen LogP contribution in [-0.4, -0.2) is 29.4 Å². The number of hydrogen-bond acceptors (Lipinski definition) is 3. The Morgan fingerprint density at radius 1 is 1.53 bits per heavy atom. The highest BCUT2D eigenvalue weighted by Gasteiger charge is 2.14. The maximum absolute atomic E-state index is 11.8. The number of pyridine rings is 1. The zero-order valence-corrected chi connectivity index (χ0v) is 9.11. The molecule has 0 radical (unpaired) electrons. The number of hydrogen-bond donors (Lipinski definition) is 0. The lowest BCUT2D eigenvalue weighted by Gasteiger charge is -2.14. The standard InChI is InChI=1S/C11H13N3O/c1-8-4-5-10(9(2)13-8)11(15)14(3)7-6-12/h4-5H,7H2,1-3H3. The normalized spacial score (nSPS) is 9.47. The third kappa shape index (κ3) is 2.53. The van der Waals surface area contributed by atoms with Crippen LogP contribution in [0.5, 0.6) is 0 Å². The van der Waals surface area contributed by atoms with Gasteiger partial charge in [-0.3, -0.25) is 9.78 Å². The Bertz CT molecular complexity index is 420. The number of amides is 1. The molecule has 1 heterocycles. The van der Waals surface area contributed by atoms with Crippen LogP contribution in [0, 0.1) is 25.2 Å². The lowest BCUT2D eigenvalue weighted by molar-refractivity contribution is 0.0811. The molecule has 4 nitrogen and oxygen atoms in total. The van der Waals surface area contributed by atoms with Crippen molar-refractivity contribution in [3.05, 3.63) is 29.1 Å². The molecule has 0 bridgehead atoms. The van der Waals surface area contributed by atoms with Gasteiger partial charge in [0.05, 0.1) is 17.3 Å². The number of nitriles is 1. The molecule has 1 rings (SSSR count). The Morgan fingerprint density at radius 2 is 2.20 bits per heavy atom. The number of carbonyl (C=O) groups excluding carboxylic acids is 1. The Kier molecular flexibility index (Phi) is 3.40. The Morgan fingerprint density at radius 3 is 2.73 bits per heavy atom. The molecule has 15 heavy (non-hydrogen) atoms. The summed E-state index contributed by atoms with van der Waals surface area (Å²) < 4.78 is 0. The topological polar surface area (TPSA) is 57.0 Å². The van der Waals surface area contributed by atoms with Crippen molar-refractivity contribution in [2.75, 3.05) is 13.6 Å². The van der Waals surface area contributed by atoms with Gasteiger partial charge in [0.15, 0.2) is 0 Å². The minimum absolute atomic E-state index is 0.0894. The Labute approximate surface area is 89.2 Å². The molecule has 0 fully saturated rings. The van der Waals surface area contributed by atoms with Crippen LogP contribution >= 0.6 is 0 Å². The van der Waals surface area contributed by atoms with Crippen LogP contribution in [0.3, 0.4) is 0 Å². The molecule has 0 aliphatic heterocycles. The first-order valence-electron chi connectivity index (χ1n) is 4.63. The van der Waals surface area contributed by atoms with Gasteiger partial charge in [-0.05, 0) is 26.0 Å². The molecular weight excluding hydrogens is 190 g/mol. The summed E-state index contributed by atoms with van der Waals surface area (Å²) in [6.45, 7) is 3.76. The van der Waals surface area contributed by atoms with Crippen LogP contribution < -0.4 is 0 Å². The molecule has 0 saturated heterocycles. The fourth-order valence-corrected chi connectivity index (χ4v) is 1.30. The summed E-state index contributed by atoms with van der Waals surface area (Å²) in [5.41, 5.74) is 2.13. The number of carbonyl (C=O) groups is 1. The van der Waals surface area contributed by atoms with E-state index in [9.17, 15) is 4.79 Å². The van der Waals surface area contributed by atoms with E-state index in [1.165, 1.54) is 4.90 Å². The molecule has 0 aliphatic rings. The first-order valence-corrected chi connectivity index (χ1v) is 4.63. The SMILES string of the molecule is Cc1ccc(C(=O)N(C)CC#N)c(C)n1. The van der Waals surface area contributed by atoms with Gasteiger partial charge in [0, 0.05) is 12.7 Å². The first kappa shape index (κ1) is 11.2. The van der Waals surface area contributed by atoms with Crippen LogP contribution in [0.1, 0.15) is 21.7 Å². The van der Waals surface area contributed by atoms with Crippen LogP contribution in [0.15, 0.2) is 12.1 Å². The third-order valence-electron chi connectivity index (χ3n) is 2.11. The van der Waals surface area contributed by atoms with E-state index >= 15 is 0 Å². The molecule has 0 spiro atoms. The average molecular weight is 203 g/mol. The Balaban J connectivity index is 2.97. The summed E-state index contributed by atoms with van der Waals surface area (Å²) in [4.78, 5) is 17.4. The van der Waals surface area contributed by atoms with E-state index in [1.807, 2.05) is 13.0 Å². The fraction of sp³-hybridized carbons (Fsp3) is 0.364. The molecule has 1 amide bonds. The summed E-state index contributed by atoms with van der Waals surface area (Å²) in [5.74, 6) is -0.165. The van der Waals surface area contributed by atoms with E-state index < -0.39 is 0 Å². The first-order chi connectivity index (χ1) is 7.06. The van der Waals surface area contributed by atoms with Crippen molar-refractivity contribution < 1.29 is 4.79 Å². The van der Waals surface area contributed by atoms with E-state index in [0.717, 1.165) is 5.69 Å². The summed E-state index contributed by atoms with van der Waals surface area (Å²) in [6, 6.07) is 5.47. The highest BCUT2D eigenvalue weighted by atomic mass is 16.2. The number of rotatable bonds is 2. The zero-order chi connectivity index (χ0) is 11.4. The van der Waals surface area contributed by atoms with E-state index in [4.69, 9.17) is 5.26 Å². The summed E-state index contributed by atoms with van der Waals surface area (Å²) >= 11 is 0. The van der Waals surface area contributed by atoms with E-state index in [-0.39, 0.29) is 12.5 Å². The molecule has 0 aromatic carbocycles. The lowest BCUT2D eigenvalue weighted by atomic mass is 10.1. The van der Waals surface area contributed by atoms with Gasteiger partial charge in [-0.25, -0.2) is 0 Å². The van der Waals surface area contributed by atoms with Crippen LogP contribution in [0.2, 0.25) is 0 Å². The van der Waals surface area contributed by atoms with Crippen molar-refractivity contribution in [2.45, 2.75) is 13.8 Å². The second kappa shape index (κ2) is 4.56. The van der Waals surface area contributed by atoms with E-state index in [0.29, 0.717) is 11.3 Å². The van der Waals surface area contributed by atoms with E-state index in [1.54, 1.807) is 26.1 Å². The number of nitrogens with zero attached hydrogens (tertiary/aromatic N) is 3. The lowest BCUT2D eigenvalue weighted by Crippen LogP contribution is -2.27. The molecule has 0 N–H and O–H groups in total. The van der Waals surface area contributed by atoms with Gasteiger partial charge in [0.1, 0.15) is 6.54 Å². The second-order valence-corrected chi connectivity index (χ2v) is 3.40. The van der Waals surface area contributed by atoms with Crippen LogP contribution in [0.25, 0.3) is 0 Å². The van der Waals surface area contributed by atoms with Crippen molar-refractivity contribution in [1.29, 1.82) is 5.26 Å². The minimum Gasteiger partial charge on any atom is -0.328 e. The predicted molar refractivity (Wildman–Crippen MR) is 56.3 cm³/mol. The van der Waals surface area contributed by atoms with Gasteiger partial charge in [0.2, 0.25) is 0 Å². The van der Waals surface area contributed by atoms with Crippen LogP contribution in [0.4, 0.5) is 0 Å². The smallest absolute Gasteiger partial charge is 0.256 e. The quantitative estimate of drug-likeness (QED) is 0.680. The average Bonchev–Trinajstić information content (AvgIpc) is 2.17. The number of aromatic nitrogens is 1. The summed E-state index contributed by atoms with van der Waals surface area (Å²) in [6.07, 6.45) is 0. The molecule has 78 valence electrons. The maximum atomic E-state index is 11.8. The van der Waals surface area contributed by atoms with Crippen molar-refractivity contribution in [1.82, 2.24) is 9.88 Å². The molecular formula is C11H13N3O. The van der Waals surface area contributed by atoms with Gasteiger partial charge >= 0.3 is 0 Å². The monoisotopic (exact) mass is 203 g/mol. The number of aryl methyl sites for hydroxylation is 2. The maximum Gasteiger partial charge on any atom is 0.256 e. The van der Waals surface area contributed by atoms with Crippen molar-refractivity contribution in [2.24, 2.45) is 0 Å². The summed E-state index contributed by atoms with van der Waals surface area (Å²) in [7, 11) is 1.60. The van der Waals surface area contributed by atoms with E-state index in [2.05, 4.69) is 4.98 Å². The molecule has 0 unspecified atom stereocenters. The molecule has 1 aromatic rings. The largest absolute Gasteiger partial charge is 0.328 e. The van der Waals surface area contributed by atoms with Crippen molar-refractivity contribution in [3.63, 3.8) is 0 Å². The Hall–Kier alpha value is -1.89. The molecule has 0 aliphatic carbocycles. The van der Waals surface area contributed by atoms with Gasteiger partial charge in [-0.2, -0.15) is 5.26 Å². The van der Waals surface area contributed by atoms with Gasteiger partial charge in [-0.1, -0.05) is 0 Å². The van der Waals surface area contributed by atoms with Gasteiger partial charge in [0.25, 0.3) is 5.91 Å². The minimum atomic E-state index is -0.165. The molecule has 0 saturated carbocycles. The third-order valence-corrected chi connectivity index (χ3v) is 2.11. The van der Waals surface area contributed by atoms with Gasteiger partial charge in [-0.15, -0.1) is 0 Å². The highest BCUT2D eigenvalue weighted by molar-refractivity contribution is 5.95. The summed E-state index contributed by atoms with van der Waals surface area (Å²) in [5, 5.41) is 8.49. The zero-order valence-electron chi connectivity index (χ0n) is 9.11. The highest BCUT2D eigenvalue weighted by Crippen LogP contribution is 2.08. The second-order valence-electron chi connectivity index (χ2n) is 3.40. The van der Waals surface area contributed by atoms with Crippen molar-refractivity contribution >= 4 is 5.91 Å². The van der Waals surface area contributed by atoms with Gasteiger partial charge < -0.3 is 4.90 Å². The predicted octanol–water partition coefficient (Wildman–Crippen LogP) is 1.29. The van der Waals surface area contributed by atoms with Crippen molar-refractivity contribution in [3.8, 4) is 6.07 Å². The molecule has 0 atom stereocenters.